The summed E-state index contributed by atoms with van der Waals surface area (Å²) in [6.45, 7) is 7.87. The molecule has 2 heterocycles. The van der Waals surface area contributed by atoms with Gasteiger partial charge in [-0.25, -0.2) is 0 Å². The van der Waals surface area contributed by atoms with Crippen molar-refractivity contribution < 1.29 is 14.5 Å². The highest BCUT2D eigenvalue weighted by Gasteiger charge is 2.27. The molecule has 180 valence electrons. The summed E-state index contributed by atoms with van der Waals surface area (Å²) >= 11 is 0. The summed E-state index contributed by atoms with van der Waals surface area (Å²) < 4.78 is 0. The van der Waals surface area contributed by atoms with Gasteiger partial charge in [0.25, 0.3) is 11.6 Å². The second-order valence-electron chi connectivity index (χ2n) is 9.04. The van der Waals surface area contributed by atoms with Gasteiger partial charge in [-0.3, -0.25) is 24.6 Å². The number of rotatable bonds is 6. The molecular formula is C25H31N5O4. The van der Waals surface area contributed by atoms with E-state index in [2.05, 4.69) is 5.32 Å². The predicted molar refractivity (Wildman–Crippen MR) is 131 cm³/mol. The summed E-state index contributed by atoms with van der Waals surface area (Å²) in [5, 5.41) is 14.7. The quantitative estimate of drug-likeness (QED) is 0.520. The molecule has 2 aromatic rings. The molecule has 4 rings (SSSR count). The Labute approximate surface area is 199 Å². The monoisotopic (exact) mass is 465 g/mol. The van der Waals surface area contributed by atoms with E-state index in [1.807, 2.05) is 41.8 Å². The Morgan fingerprint density at radius 1 is 0.971 bits per heavy atom. The number of carbonyl (C=O) groups excluding carboxylic acids is 2. The molecule has 34 heavy (non-hydrogen) atoms. The van der Waals surface area contributed by atoms with E-state index in [1.54, 1.807) is 17.0 Å². The van der Waals surface area contributed by atoms with E-state index < -0.39 is 4.92 Å². The summed E-state index contributed by atoms with van der Waals surface area (Å²) in [4.78, 5) is 42.6. The number of nitrogens with one attached hydrogen (secondary N) is 1. The minimum atomic E-state index is -0.406. The zero-order valence-corrected chi connectivity index (χ0v) is 19.7. The van der Waals surface area contributed by atoms with E-state index in [0.717, 1.165) is 42.7 Å². The lowest BCUT2D eigenvalue weighted by Crippen LogP contribution is -2.50. The first kappa shape index (κ1) is 23.7. The maximum atomic E-state index is 13.0. The molecule has 0 aromatic heterocycles. The van der Waals surface area contributed by atoms with Crippen LogP contribution in [0.5, 0.6) is 0 Å². The molecule has 1 N–H and O–H groups in total. The lowest BCUT2D eigenvalue weighted by Gasteiger charge is -2.34. The molecule has 0 radical (unpaired) electrons. The van der Waals surface area contributed by atoms with Crippen LogP contribution in [0.2, 0.25) is 0 Å². The smallest absolute Gasteiger partial charge is 0.293 e. The van der Waals surface area contributed by atoms with Gasteiger partial charge in [0, 0.05) is 56.6 Å². The summed E-state index contributed by atoms with van der Waals surface area (Å²) in [6, 6.07) is 10.7. The van der Waals surface area contributed by atoms with Crippen molar-refractivity contribution in [2.75, 3.05) is 56.0 Å². The molecule has 9 heteroatoms. The lowest BCUT2D eigenvalue weighted by atomic mass is 10.1. The average Bonchev–Trinajstić information content (AvgIpc) is 3.36. The standard InChI is InChI=1S/C25H31N5O4/c1-18-6-5-7-19(2)24(18)26-23(31)17-27-12-14-29(15-13-27)25(32)20-8-9-21(22(16-20)30(33)34)28-10-3-4-11-28/h5-9,16H,3-4,10-15,17H2,1-2H3,(H,26,31). The average molecular weight is 466 g/mol. The first-order valence-corrected chi connectivity index (χ1v) is 11.7. The number of piperazine rings is 1. The Bertz CT molecular complexity index is 1070. The van der Waals surface area contributed by atoms with E-state index >= 15 is 0 Å². The highest BCUT2D eigenvalue weighted by molar-refractivity contribution is 5.96. The first-order chi connectivity index (χ1) is 16.3. The molecule has 2 amide bonds. The van der Waals surface area contributed by atoms with Crippen molar-refractivity contribution in [3.05, 3.63) is 63.2 Å². The van der Waals surface area contributed by atoms with Gasteiger partial charge < -0.3 is 15.1 Å². The van der Waals surface area contributed by atoms with Crippen LogP contribution < -0.4 is 10.2 Å². The van der Waals surface area contributed by atoms with Gasteiger partial charge in [-0.05, 0) is 49.9 Å². The summed E-state index contributed by atoms with van der Waals surface area (Å²) in [6.07, 6.45) is 2.04. The van der Waals surface area contributed by atoms with Crippen LogP contribution in [0.4, 0.5) is 17.1 Å². The van der Waals surface area contributed by atoms with Gasteiger partial charge >= 0.3 is 0 Å². The first-order valence-electron chi connectivity index (χ1n) is 11.7. The van der Waals surface area contributed by atoms with Crippen molar-refractivity contribution in [3.8, 4) is 0 Å². The normalized spacial score (nSPS) is 16.5. The second kappa shape index (κ2) is 10.2. The maximum Gasteiger partial charge on any atom is 0.293 e. The van der Waals surface area contributed by atoms with Crippen LogP contribution in [0.1, 0.15) is 34.3 Å². The molecule has 0 aliphatic carbocycles. The highest BCUT2D eigenvalue weighted by atomic mass is 16.6. The fraction of sp³-hybridized carbons (Fsp3) is 0.440. The van der Waals surface area contributed by atoms with Crippen molar-refractivity contribution in [1.82, 2.24) is 9.80 Å². The van der Waals surface area contributed by atoms with E-state index in [1.165, 1.54) is 6.07 Å². The summed E-state index contributed by atoms with van der Waals surface area (Å²) in [5.41, 5.74) is 3.78. The van der Waals surface area contributed by atoms with Gasteiger partial charge in [0.2, 0.25) is 5.91 Å². The Kier molecular flexibility index (Phi) is 7.12. The van der Waals surface area contributed by atoms with Gasteiger partial charge in [0.1, 0.15) is 5.69 Å². The number of nitro benzene ring substituents is 1. The predicted octanol–water partition coefficient (Wildman–Crippen LogP) is 3.21. The van der Waals surface area contributed by atoms with E-state index in [9.17, 15) is 19.7 Å². The molecule has 0 unspecified atom stereocenters. The number of anilines is 2. The fourth-order valence-corrected chi connectivity index (χ4v) is 4.71. The number of benzene rings is 2. The van der Waals surface area contributed by atoms with Crippen LogP contribution in [-0.2, 0) is 4.79 Å². The number of carbonyl (C=O) groups is 2. The summed E-state index contributed by atoms with van der Waals surface area (Å²) in [5.74, 6) is -0.291. The number of nitrogens with zero attached hydrogens (tertiary/aromatic N) is 4. The van der Waals surface area contributed by atoms with Gasteiger partial charge in [-0.15, -0.1) is 0 Å². The number of hydrogen-bond donors (Lipinski definition) is 1. The molecule has 2 saturated heterocycles. The highest BCUT2D eigenvalue weighted by Crippen LogP contribution is 2.32. The zero-order valence-electron chi connectivity index (χ0n) is 19.7. The van der Waals surface area contributed by atoms with Gasteiger partial charge in [0.05, 0.1) is 11.5 Å². The number of nitro groups is 1. The molecule has 2 aliphatic heterocycles. The van der Waals surface area contributed by atoms with E-state index in [-0.39, 0.29) is 24.0 Å². The van der Waals surface area contributed by atoms with Crippen LogP contribution in [0.3, 0.4) is 0 Å². The van der Waals surface area contributed by atoms with Gasteiger partial charge in [-0.1, -0.05) is 18.2 Å². The van der Waals surface area contributed by atoms with E-state index in [4.69, 9.17) is 0 Å². The van der Waals surface area contributed by atoms with Crippen LogP contribution in [0, 0.1) is 24.0 Å². The molecule has 0 saturated carbocycles. The molecule has 0 bridgehead atoms. The van der Waals surface area contributed by atoms with Crippen molar-refractivity contribution >= 4 is 28.9 Å². The summed E-state index contributed by atoms with van der Waals surface area (Å²) in [7, 11) is 0. The molecule has 2 aliphatic rings. The Balaban J connectivity index is 1.35. The topological polar surface area (TPSA) is 99.0 Å². The van der Waals surface area contributed by atoms with E-state index in [0.29, 0.717) is 37.4 Å². The zero-order chi connectivity index (χ0) is 24.2. The minimum absolute atomic E-state index is 0.0189. The van der Waals surface area contributed by atoms with Crippen molar-refractivity contribution in [2.45, 2.75) is 26.7 Å². The fourth-order valence-electron chi connectivity index (χ4n) is 4.71. The number of aryl methyl sites for hydroxylation is 2. The van der Waals surface area contributed by atoms with Crippen LogP contribution in [0.25, 0.3) is 0 Å². The third-order valence-electron chi connectivity index (χ3n) is 6.64. The molecule has 9 nitrogen and oxygen atoms in total. The lowest BCUT2D eigenvalue weighted by molar-refractivity contribution is -0.384. The van der Waals surface area contributed by atoms with Crippen LogP contribution in [0.15, 0.2) is 36.4 Å². The second-order valence-corrected chi connectivity index (χ2v) is 9.04. The van der Waals surface area contributed by atoms with Gasteiger partial charge in [0.15, 0.2) is 0 Å². The SMILES string of the molecule is Cc1cccc(C)c1NC(=O)CN1CCN(C(=O)c2ccc(N3CCCC3)c([N+](=O)[O-])c2)CC1. The minimum Gasteiger partial charge on any atom is -0.366 e. The molecular weight excluding hydrogens is 434 g/mol. The third-order valence-corrected chi connectivity index (χ3v) is 6.64. The molecule has 0 spiro atoms. The molecule has 2 fully saturated rings. The van der Waals surface area contributed by atoms with Crippen LogP contribution in [-0.4, -0.2) is 72.4 Å². The van der Waals surface area contributed by atoms with Gasteiger partial charge in [-0.2, -0.15) is 0 Å². The van der Waals surface area contributed by atoms with Crippen molar-refractivity contribution in [1.29, 1.82) is 0 Å². The molecule has 0 atom stereocenters. The Morgan fingerprint density at radius 2 is 1.62 bits per heavy atom. The largest absolute Gasteiger partial charge is 0.366 e. The van der Waals surface area contributed by atoms with Crippen molar-refractivity contribution in [3.63, 3.8) is 0 Å². The number of amides is 2. The maximum absolute atomic E-state index is 13.0. The number of para-hydroxylation sites is 1. The Hall–Kier alpha value is -3.46. The Morgan fingerprint density at radius 3 is 2.24 bits per heavy atom. The van der Waals surface area contributed by atoms with Crippen molar-refractivity contribution in [2.24, 2.45) is 0 Å². The third kappa shape index (κ3) is 5.20. The molecule has 2 aromatic carbocycles. The number of hydrogen-bond acceptors (Lipinski definition) is 6. The van der Waals surface area contributed by atoms with Crippen LogP contribution >= 0.6 is 0 Å².